The maximum atomic E-state index is 13.5. The second-order valence-corrected chi connectivity index (χ2v) is 17.0. The number of halogens is 3. The van der Waals surface area contributed by atoms with Gasteiger partial charge in [-0.25, -0.2) is 19.9 Å². The summed E-state index contributed by atoms with van der Waals surface area (Å²) in [7, 11) is 0. The van der Waals surface area contributed by atoms with Gasteiger partial charge in [-0.3, -0.25) is 14.5 Å². The van der Waals surface area contributed by atoms with Gasteiger partial charge in [-0.2, -0.15) is 0 Å². The topological polar surface area (TPSA) is 126 Å². The molecule has 2 aromatic carbocycles. The van der Waals surface area contributed by atoms with Gasteiger partial charge < -0.3 is 24.6 Å². The number of aromatic nitrogens is 4. The molecule has 2 fully saturated rings. The molecule has 0 spiro atoms. The summed E-state index contributed by atoms with van der Waals surface area (Å²) < 4.78 is 10.9. The number of amides is 1. The first-order valence-electron chi connectivity index (χ1n) is 20.7. The van der Waals surface area contributed by atoms with Crippen LogP contribution in [0.3, 0.4) is 0 Å². The van der Waals surface area contributed by atoms with Crippen LogP contribution in [0.4, 0.5) is 11.6 Å². The molecule has 0 radical (unpaired) electrons. The Labute approximate surface area is 363 Å². The van der Waals surface area contributed by atoms with E-state index in [1.54, 1.807) is 41.6 Å². The molecule has 2 saturated heterocycles. The lowest BCUT2D eigenvalue weighted by molar-refractivity contribution is 0.0969. The van der Waals surface area contributed by atoms with Crippen LogP contribution in [-0.4, -0.2) is 105 Å². The summed E-state index contributed by atoms with van der Waals surface area (Å²) in [4.78, 5) is 47.3. The van der Waals surface area contributed by atoms with Gasteiger partial charge in [0.15, 0.2) is 0 Å². The molecule has 1 N–H and O–H groups in total. The monoisotopic (exact) mass is 864 g/mol. The molecule has 1 amide bonds. The van der Waals surface area contributed by atoms with Crippen molar-refractivity contribution in [2.45, 2.75) is 78.3 Å². The number of rotatable bonds is 10. The van der Waals surface area contributed by atoms with Crippen molar-refractivity contribution < 1.29 is 19.1 Å². The Kier molecular flexibility index (Phi) is 16.2. The maximum absolute atomic E-state index is 13.5. The van der Waals surface area contributed by atoms with E-state index in [0.717, 1.165) is 79.7 Å². The lowest BCUT2D eigenvalue weighted by Gasteiger charge is -2.36. The highest BCUT2D eigenvalue weighted by molar-refractivity contribution is 6.67. The quantitative estimate of drug-likeness (QED) is 0.122. The van der Waals surface area contributed by atoms with Gasteiger partial charge in [-0.05, 0) is 186 Å². The summed E-state index contributed by atoms with van der Waals surface area (Å²) in [6.45, 7) is 16.5. The van der Waals surface area contributed by atoms with Crippen LogP contribution in [0.1, 0.15) is 85.2 Å². The highest BCUT2D eigenvalue weighted by Crippen LogP contribution is 2.29. The Hall–Kier alpha value is -4.07. The first-order valence-corrected chi connectivity index (χ1v) is 21.8. The average Bonchev–Trinajstić information content (AvgIpc) is 3.92. The van der Waals surface area contributed by atoms with Crippen LogP contribution in [0.25, 0.3) is 0 Å². The largest absolute Gasteiger partial charge is 0.493 e. The molecule has 0 unspecified atom stereocenters. The summed E-state index contributed by atoms with van der Waals surface area (Å²) in [6, 6.07) is 15.8. The molecule has 8 rings (SSSR count). The molecule has 0 aliphatic carbocycles. The van der Waals surface area contributed by atoms with Gasteiger partial charge >= 0.3 is 0 Å². The number of benzene rings is 2. The second kappa shape index (κ2) is 21.4. The third kappa shape index (κ3) is 12.7. The highest BCUT2D eigenvalue weighted by atomic mass is 35.5. The Morgan fingerprint density at radius 1 is 0.746 bits per heavy atom. The third-order valence-electron chi connectivity index (χ3n) is 11.4. The fourth-order valence-electron chi connectivity index (χ4n) is 7.81. The third-order valence-corrected chi connectivity index (χ3v) is 12.0. The van der Waals surface area contributed by atoms with E-state index in [1.807, 2.05) is 24.3 Å². The molecule has 4 aliphatic rings. The molecule has 4 aliphatic heterocycles. The molecule has 59 heavy (non-hydrogen) atoms. The van der Waals surface area contributed by atoms with Gasteiger partial charge in [0.25, 0.3) is 11.1 Å². The second-order valence-electron chi connectivity index (χ2n) is 16.0. The van der Waals surface area contributed by atoms with Crippen molar-refractivity contribution in [1.82, 2.24) is 29.7 Å². The number of fused-ring (bicyclic) bond motifs is 2. The van der Waals surface area contributed by atoms with Gasteiger partial charge in [0.2, 0.25) is 10.6 Å². The number of carbonyl (C=O) groups is 2. The number of likely N-dealkylation sites (tertiary alicyclic amines) is 2. The summed E-state index contributed by atoms with van der Waals surface area (Å²) >= 11 is 17.1. The van der Waals surface area contributed by atoms with Crippen molar-refractivity contribution in [3.63, 3.8) is 0 Å². The molecule has 15 heteroatoms. The minimum absolute atomic E-state index is 0.0549. The number of nitrogens with one attached hydrogen (secondary N) is 1. The van der Waals surface area contributed by atoms with Crippen LogP contribution < -0.4 is 19.7 Å². The summed E-state index contributed by atoms with van der Waals surface area (Å²) in [5, 5.41) is 3.38. The van der Waals surface area contributed by atoms with Gasteiger partial charge in [0.1, 0.15) is 23.1 Å². The Morgan fingerprint density at radius 2 is 1.27 bits per heavy atom. The number of carbonyl (C=O) groups excluding carboxylic acids is 2. The number of piperidine rings is 2. The van der Waals surface area contributed by atoms with E-state index in [0.29, 0.717) is 60.0 Å². The Morgan fingerprint density at radius 3 is 1.81 bits per heavy atom. The molecular formula is C44H55Cl3N8O4. The zero-order chi connectivity index (χ0) is 41.9. The number of hydrogen-bond acceptors (Lipinski definition) is 11. The van der Waals surface area contributed by atoms with E-state index >= 15 is 0 Å². The number of anilines is 2. The fraction of sp³-hybridized carbons (Fsp3) is 0.500. The first-order chi connectivity index (χ1) is 28.4. The standard InChI is InChI=1S/C22H27ClN4O2.C13H21ClN4.C9H7ClO2/c1-15(2)26-10-6-16(7-11-26)14-27(20-5-9-24-22(23)25-20)21(28)18-3-4-19-17(13-18)8-12-29-19;1-10(2)18-7-4-11(5-8-18)9-16-12-3-6-15-13(14)17-12;10-9(11)7-1-2-8-6(5-7)3-4-12-8/h3-5,9,13,15-16H,6-8,10-12,14H2,1-2H3;3,6,10-11H,4-5,7-9H2,1-2H3,(H,15,16,17);1-2,5H,3-4H2. The van der Waals surface area contributed by atoms with Crippen molar-refractivity contribution in [2.24, 2.45) is 11.8 Å². The predicted octanol–water partition coefficient (Wildman–Crippen LogP) is 8.49. The van der Waals surface area contributed by atoms with Crippen LogP contribution in [0, 0.1) is 11.8 Å². The molecular weight excluding hydrogens is 811 g/mol. The molecule has 0 bridgehead atoms. The highest BCUT2D eigenvalue weighted by Gasteiger charge is 2.28. The SMILES string of the molecule is CC(C)N1CCC(CN(C(=O)c2ccc3c(c2)CCO3)c2ccnc(Cl)n2)CC1.CC(C)N1CCC(CNc2ccnc(Cl)n2)CC1.O=C(Cl)c1ccc2c(c1)CCO2. The van der Waals surface area contributed by atoms with E-state index in [-0.39, 0.29) is 11.2 Å². The van der Waals surface area contributed by atoms with E-state index in [1.165, 1.54) is 25.9 Å². The normalized spacial score (nSPS) is 16.8. The lowest BCUT2D eigenvalue weighted by Crippen LogP contribution is -2.43. The molecule has 6 heterocycles. The molecule has 0 atom stereocenters. The van der Waals surface area contributed by atoms with Crippen LogP contribution in [0.5, 0.6) is 11.5 Å². The van der Waals surface area contributed by atoms with Crippen molar-refractivity contribution >= 4 is 57.6 Å². The molecule has 12 nitrogen and oxygen atoms in total. The van der Waals surface area contributed by atoms with Crippen LogP contribution in [0.2, 0.25) is 10.6 Å². The molecule has 2 aromatic heterocycles. The van der Waals surface area contributed by atoms with Crippen LogP contribution >= 0.6 is 34.8 Å². The van der Waals surface area contributed by atoms with E-state index in [2.05, 4.69) is 62.7 Å². The van der Waals surface area contributed by atoms with E-state index < -0.39 is 5.24 Å². The van der Waals surface area contributed by atoms with E-state index in [4.69, 9.17) is 44.3 Å². The zero-order valence-electron chi connectivity index (χ0n) is 34.4. The summed E-state index contributed by atoms with van der Waals surface area (Å²) in [6.07, 6.45) is 9.63. The van der Waals surface area contributed by atoms with E-state index in [9.17, 15) is 9.59 Å². The average molecular weight is 866 g/mol. The van der Waals surface area contributed by atoms with Gasteiger partial charge in [-0.1, -0.05) is 0 Å². The molecule has 316 valence electrons. The van der Waals surface area contributed by atoms with Crippen molar-refractivity contribution in [3.8, 4) is 11.5 Å². The predicted molar refractivity (Wildman–Crippen MR) is 235 cm³/mol. The van der Waals surface area contributed by atoms with Crippen molar-refractivity contribution in [2.75, 3.05) is 62.7 Å². The smallest absolute Gasteiger partial charge is 0.259 e. The first kappa shape index (κ1) is 44.5. The van der Waals surface area contributed by atoms with Crippen LogP contribution in [-0.2, 0) is 12.8 Å². The van der Waals surface area contributed by atoms with Crippen LogP contribution in [0.15, 0.2) is 60.9 Å². The van der Waals surface area contributed by atoms with Gasteiger partial charge in [0.05, 0.1) is 13.2 Å². The summed E-state index contributed by atoms with van der Waals surface area (Å²) in [5.41, 5.74) is 3.35. The Balaban J connectivity index is 0.000000165. The minimum atomic E-state index is -0.412. The van der Waals surface area contributed by atoms with Gasteiger partial charge in [0, 0.05) is 61.5 Å². The Bertz CT molecular complexity index is 2020. The minimum Gasteiger partial charge on any atom is -0.493 e. The molecule has 4 aromatic rings. The number of nitrogens with zero attached hydrogens (tertiary/aromatic N) is 7. The van der Waals surface area contributed by atoms with Crippen molar-refractivity contribution in [1.29, 1.82) is 0 Å². The van der Waals surface area contributed by atoms with Gasteiger partial charge in [-0.15, -0.1) is 0 Å². The van der Waals surface area contributed by atoms with Crippen molar-refractivity contribution in [3.05, 3.63) is 93.7 Å². The zero-order valence-corrected chi connectivity index (χ0v) is 36.6. The fourth-order valence-corrected chi connectivity index (χ4v) is 8.21. The number of ether oxygens (including phenoxy) is 2. The molecule has 0 saturated carbocycles. The maximum Gasteiger partial charge on any atom is 0.259 e. The summed E-state index contributed by atoms with van der Waals surface area (Å²) in [5.74, 6) is 4.23. The lowest BCUT2D eigenvalue weighted by atomic mass is 9.95. The number of hydrogen-bond donors (Lipinski definition) is 1.